The number of rotatable bonds is 8. The van der Waals surface area contributed by atoms with Crippen LogP contribution in [-0.2, 0) is 4.79 Å². The lowest BCUT2D eigenvalue weighted by molar-refractivity contribution is -0.111. The van der Waals surface area contributed by atoms with Crippen molar-refractivity contribution in [3.8, 4) is 11.6 Å². The molecular formula is C22H21ClFN5O2. The average molecular weight is 442 g/mol. The third kappa shape index (κ3) is 7.06. The van der Waals surface area contributed by atoms with E-state index in [1.807, 2.05) is 25.1 Å². The van der Waals surface area contributed by atoms with Crippen LogP contribution in [0.25, 0.3) is 0 Å². The highest BCUT2D eigenvalue weighted by Crippen LogP contribution is 2.26. The van der Waals surface area contributed by atoms with E-state index in [1.165, 1.54) is 30.6 Å². The summed E-state index contributed by atoms with van der Waals surface area (Å²) in [6.45, 7) is 0.678. The van der Waals surface area contributed by atoms with Crippen LogP contribution in [0.15, 0.2) is 67.0 Å². The van der Waals surface area contributed by atoms with Gasteiger partial charge in [-0.1, -0.05) is 23.7 Å². The molecule has 0 aliphatic heterocycles. The summed E-state index contributed by atoms with van der Waals surface area (Å²) in [4.78, 5) is 22.2. The molecule has 0 fully saturated rings. The van der Waals surface area contributed by atoms with E-state index in [4.69, 9.17) is 16.3 Å². The monoisotopic (exact) mass is 441 g/mol. The number of carbonyl (C=O) groups excluding carboxylic acids is 1. The Bertz CT molecular complexity index is 1090. The Morgan fingerprint density at radius 2 is 1.97 bits per heavy atom. The molecule has 3 rings (SSSR count). The van der Waals surface area contributed by atoms with Crippen LogP contribution in [0.4, 0.5) is 21.6 Å². The number of anilines is 3. The molecule has 0 aliphatic rings. The third-order valence-corrected chi connectivity index (χ3v) is 4.19. The molecule has 0 radical (unpaired) electrons. The minimum absolute atomic E-state index is 0.0414. The van der Waals surface area contributed by atoms with E-state index in [0.717, 1.165) is 0 Å². The fourth-order valence-electron chi connectivity index (χ4n) is 2.50. The first-order valence-electron chi connectivity index (χ1n) is 9.33. The lowest BCUT2D eigenvalue weighted by Gasteiger charge is -2.10. The Kier molecular flexibility index (Phi) is 7.53. The number of halogens is 2. The van der Waals surface area contributed by atoms with Gasteiger partial charge < -0.3 is 20.3 Å². The quantitative estimate of drug-likeness (QED) is 0.486. The van der Waals surface area contributed by atoms with Gasteiger partial charge in [-0.15, -0.1) is 0 Å². The van der Waals surface area contributed by atoms with Gasteiger partial charge in [-0.05, 0) is 44.4 Å². The first-order valence-corrected chi connectivity index (χ1v) is 9.71. The van der Waals surface area contributed by atoms with Gasteiger partial charge in [-0.25, -0.2) is 14.4 Å². The maximum absolute atomic E-state index is 13.3. The number of nitrogens with zero attached hydrogens (tertiary/aromatic N) is 3. The number of nitrogens with one attached hydrogen (secondary N) is 2. The summed E-state index contributed by atoms with van der Waals surface area (Å²) >= 11 is 5.77. The Hall–Kier alpha value is -3.49. The van der Waals surface area contributed by atoms with Crippen molar-refractivity contribution in [2.24, 2.45) is 0 Å². The van der Waals surface area contributed by atoms with Crippen LogP contribution >= 0.6 is 11.6 Å². The summed E-state index contributed by atoms with van der Waals surface area (Å²) in [5.74, 6) is 0.347. The highest BCUT2D eigenvalue weighted by atomic mass is 35.5. The van der Waals surface area contributed by atoms with E-state index in [9.17, 15) is 9.18 Å². The standard InChI is InChI=1S/C22H21ClFN5O2/c1-29(2)10-4-7-21(30)28-16-6-3-5-15(11-16)27-20-13-22(26-14-25-20)31-17-8-9-19(24)18(23)12-17/h3-9,11-14H,10H2,1-2H3,(H,28,30)(H,25,26,27)/b7-4+. The van der Waals surface area contributed by atoms with Crippen molar-refractivity contribution in [2.45, 2.75) is 0 Å². The molecule has 160 valence electrons. The van der Waals surface area contributed by atoms with Crippen molar-refractivity contribution in [1.82, 2.24) is 14.9 Å². The second kappa shape index (κ2) is 10.5. The molecular weight excluding hydrogens is 421 g/mol. The zero-order chi connectivity index (χ0) is 22.2. The second-order valence-electron chi connectivity index (χ2n) is 6.78. The third-order valence-electron chi connectivity index (χ3n) is 3.90. The number of amides is 1. The fourth-order valence-corrected chi connectivity index (χ4v) is 2.67. The van der Waals surface area contributed by atoms with Gasteiger partial charge in [0.1, 0.15) is 23.7 Å². The van der Waals surface area contributed by atoms with Crippen molar-refractivity contribution >= 4 is 34.7 Å². The summed E-state index contributed by atoms with van der Waals surface area (Å²) in [5, 5.41) is 5.90. The van der Waals surface area contributed by atoms with E-state index in [2.05, 4.69) is 20.6 Å². The molecule has 9 heteroatoms. The van der Waals surface area contributed by atoms with Crippen LogP contribution in [0.5, 0.6) is 11.6 Å². The predicted octanol–water partition coefficient (Wildman–Crippen LogP) is 4.86. The van der Waals surface area contributed by atoms with Gasteiger partial charge in [0.15, 0.2) is 0 Å². The maximum Gasteiger partial charge on any atom is 0.248 e. The smallest absolute Gasteiger partial charge is 0.248 e. The maximum atomic E-state index is 13.3. The minimum atomic E-state index is -0.528. The van der Waals surface area contributed by atoms with Crippen molar-refractivity contribution in [3.05, 3.63) is 77.9 Å². The van der Waals surface area contributed by atoms with Gasteiger partial charge in [0, 0.05) is 36.1 Å². The summed E-state index contributed by atoms with van der Waals surface area (Å²) in [7, 11) is 3.85. The molecule has 31 heavy (non-hydrogen) atoms. The molecule has 1 aromatic heterocycles. The molecule has 1 amide bonds. The van der Waals surface area contributed by atoms with Crippen molar-refractivity contribution in [3.63, 3.8) is 0 Å². The number of likely N-dealkylation sites (N-methyl/N-ethyl adjacent to an activating group) is 1. The summed E-state index contributed by atoms with van der Waals surface area (Å²) in [6, 6.07) is 12.8. The Morgan fingerprint density at radius 3 is 2.74 bits per heavy atom. The first-order chi connectivity index (χ1) is 14.9. The molecule has 2 aromatic carbocycles. The van der Waals surface area contributed by atoms with Gasteiger partial charge in [0.25, 0.3) is 0 Å². The number of carbonyl (C=O) groups is 1. The van der Waals surface area contributed by atoms with Gasteiger partial charge >= 0.3 is 0 Å². The normalized spacial score (nSPS) is 11.0. The average Bonchev–Trinajstić information content (AvgIpc) is 2.71. The van der Waals surface area contributed by atoms with E-state index in [-0.39, 0.29) is 16.8 Å². The number of aromatic nitrogens is 2. The zero-order valence-corrected chi connectivity index (χ0v) is 17.7. The summed E-state index contributed by atoms with van der Waals surface area (Å²) < 4.78 is 18.9. The summed E-state index contributed by atoms with van der Waals surface area (Å²) in [6.07, 6.45) is 4.62. The number of hydrogen-bond acceptors (Lipinski definition) is 6. The first kappa shape index (κ1) is 22.2. The predicted molar refractivity (Wildman–Crippen MR) is 120 cm³/mol. The molecule has 0 atom stereocenters. The van der Waals surface area contributed by atoms with Crippen LogP contribution in [0, 0.1) is 5.82 Å². The molecule has 0 saturated carbocycles. The molecule has 0 unspecified atom stereocenters. The van der Waals surface area contributed by atoms with Crippen molar-refractivity contribution in [2.75, 3.05) is 31.3 Å². The molecule has 2 N–H and O–H groups in total. The number of ether oxygens (including phenoxy) is 1. The van der Waals surface area contributed by atoms with E-state index < -0.39 is 5.82 Å². The fraction of sp³-hybridized carbons (Fsp3) is 0.136. The zero-order valence-electron chi connectivity index (χ0n) is 17.0. The molecule has 1 heterocycles. The molecule has 3 aromatic rings. The minimum Gasteiger partial charge on any atom is -0.439 e. The van der Waals surface area contributed by atoms with E-state index in [1.54, 1.807) is 30.3 Å². The SMILES string of the molecule is CN(C)C/C=C/C(=O)Nc1cccc(Nc2cc(Oc3ccc(F)c(Cl)c3)ncn2)c1. The summed E-state index contributed by atoms with van der Waals surface area (Å²) in [5.41, 5.74) is 1.35. The van der Waals surface area contributed by atoms with Crippen LogP contribution in [0.3, 0.4) is 0 Å². The van der Waals surface area contributed by atoms with Gasteiger partial charge in [0.05, 0.1) is 5.02 Å². The Balaban J connectivity index is 1.65. The van der Waals surface area contributed by atoms with Crippen LogP contribution in [-0.4, -0.2) is 41.4 Å². The van der Waals surface area contributed by atoms with Gasteiger partial charge in [0.2, 0.25) is 11.8 Å². The molecule has 7 nitrogen and oxygen atoms in total. The van der Waals surface area contributed by atoms with Crippen molar-refractivity contribution < 1.29 is 13.9 Å². The van der Waals surface area contributed by atoms with Crippen LogP contribution in [0.2, 0.25) is 5.02 Å². The van der Waals surface area contributed by atoms with Crippen molar-refractivity contribution in [1.29, 1.82) is 0 Å². The number of hydrogen-bond donors (Lipinski definition) is 2. The Labute approximate surface area is 184 Å². The molecule has 0 bridgehead atoms. The van der Waals surface area contributed by atoms with E-state index in [0.29, 0.717) is 29.5 Å². The second-order valence-corrected chi connectivity index (χ2v) is 7.19. The molecule has 0 saturated heterocycles. The largest absolute Gasteiger partial charge is 0.439 e. The van der Waals surface area contributed by atoms with Crippen LogP contribution in [0.1, 0.15) is 0 Å². The van der Waals surface area contributed by atoms with E-state index >= 15 is 0 Å². The van der Waals surface area contributed by atoms with Gasteiger partial charge in [-0.2, -0.15) is 0 Å². The Morgan fingerprint density at radius 1 is 1.16 bits per heavy atom. The highest BCUT2D eigenvalue weighted by Gasteiger charge is 2.06. The van der Waals surface area contributed by atoms with Crippen LogP contribution < -0.4 is 15.4 Å². The molecule has 0 aliphatic carbocycles. The molecule has 0 spiro atoms. The topological polar surface area (TPSA) is 79.4 Å². The highest BCUT2D eigenvalue weighted by molar-refractivity contribution is 6.30. The lowest BCUT2D eigenvalue weighted by atomic mass is 10.2. The lowest BCUT2D eigenvalue weighted by Crippen LogP contribution is -2.12. The number of benzene rings is 2. The van der Waals surface area contributed by atoms with Gasteiger partial charge in [-0.3, -0.25) is 4.79 Å².